The number of likely N-dealkylation sites (tertiary alicyclic amines) is 1. The van der Waals surface area contributed by atoms with E-state index in [1.54, 1.807) is 12.1 Å². The number of rotatable bonds is 4. The third kappa shape index (κ3) is 2.94. The van der Waals surface area contributed by atoms with Gasteiger partial charge in [-0.05, 0) is 42.7 Å². The maximum absolute atomic E-state index is 13.1. The summed E-state index contributed by atoms with van der Waals surface area (Å²) >= 11 is 0. The molecule has 26 heavy (non-hydrogen) atoms. The van der Waals surface area contributed by atoms with E-state index in [0.717, 1.165) is 48.2 Å². The van der Waals surface area contributed by atoms with Crippen LogP contribution in [0, 0.1) is 0 Å². The van der Waals surface area contributed by atoms with E-state index in [1.807, 2.05) is 45.9 Å². The first-order valence-corrected chi connectivity index (χ1v) is 9.20. The van der Waals surface area contributed by atoms with E-state index in [0.29, 0.717) is 6.54 Å². The van der Waals surface area contributed by atoms with Crippen molar-refractivity contribution in [1.29, 1.82) is 0 Å². The number of phenolic OH excluding ortho intramolecular Hbond substituents is 1. The van der Waals surface area contributed by atoms with Crippen LogP contribution in [-0.2, 0) is 17.8 Å². The van der Waals surface area contributed by atoms with E-state index < -0.39 is 0 Å². The Morgan fingerprint density at radius 1 is 1.19 bits per heavy atom. The largest absolute Gasteiger partial charge is 0.508 e. The normalized spacial score (nSPS) is 17.1. The fourth-order valence-corrected chi connectivity index (χ4v) is 3.91. The van der Waals surface area contributed by atoms with Gasteiger partial charge in [-0.3, -0.25) is 4.79 Å². The lowest BCUT2D eigenvalue weighted by atomic mass is 10.0. The van der Waals surface area contributed by atoms with Crippen LogP contribution in [-0.4, -0.2) is 32.0 Å². The summed E-state index contributed by atoms with van der Waals surface area (Å²) in [4.78, 5) is 19.7. The van der Waals surface area contributed by atoms with Crippen LogP contribution in [0.15, 0.2) is 48.5 Å². The molecule has 1 aliphatic rings. The summed E-state index contributed by atoms with van der Waals surface area (Å²) in [7, 11) is 0. The summed E-state index contributed by atoms with van der Waals surface area (Å²) in [6, 6.07) is 15.3. The molecular weight excluding hydrogens is 326 g/mol. The number of hydrogen-bond donors (Lipinski definition) is 1. The van der Waals surface area contributed by atoms with Crippen LogP contribution in [0.4, 0.5) is 0 Å². The van der Waals surface area contributed by atoms with Gasteiger partial charge in [-0.15, -0.1) is 0 Å². The Balaban J connectivity index is 1.61. The number of aryl methyl sites for hydroxylation is 1. The van der Waals surface area contributed by atoms with Gasteiger partial charge in [0.25, 0.3) is 0 Å². The van der Waals surface area contributed by atoms with E-state index >= 15 is 0 Å². The Labute approximate surface area is 152 Å². The van der Waals surface area contributed by atoms with Gasteiger partial charge in [-0.25, -0.2) is 4.98 Å². The van der Waals surface area contributed by atoms with Gasteiger partial charge in [-0.2, -0.15) is 0 Å². The molecule has 0 aliphatic carbocycles. The lowest BCUT2D eigenvalue weighted by Gasteiger charge is -2.26. The summed E-state index contributed by atoms with van der Waals surface area (Å²) in [6.45, 7) is 3.16. The first-order valence-electron chi connectivity index (χ1n) is 9.20. The number of phenols is 1. The Bertz CT molecular complexity index is 930. The van der Waals surface area contributed by atoms with Gasteiger partial charge in [0, 0.05) is 13.0 Å². The highest BCUT2D eigenvalue weighted by Crippen LogP contribution is 2.33. The molecule has 1 N–H and O–H groups in total. The standard InChI is InChI=1S/C21H23N3O2/c1-2-20-22-17-6-3-4-7-19(17)24(20)14-21(26)23-13-5-8-18(23)15-9-11-16(25)12-10-15/h3-4,6-7,9-12,18,25H,2,5,8,13-14H2,1H3/t18-/m0/s1. The smallest absolute Gasteiger partial charge is 0.243 e. The van der Waals surface area contributed by atoms with Crippen LogP contribution in [0.3, 0.4) is 0 Å². The van der Waals surface area contributed by atoms with Crippen LogP contribution < -0.4 is 0 Å². The molecule has 0 bridgehead atoms. The molecular formula is C21H23N3O2. The zero-order valence-electron chi connectivity index (χ0n) is 14.9. The van der Waals surface area contributed by atoms with Crippen molar-refractivity contribution in [3.63, 3.8) is 0 Å². The van der Waals surface area contributed by atoms with Gasteiger partial charge in [-0.1, -0.05) is 31.2 Å². The number of nitrogens with zero attached hydrogens (tertiary/aromatic N) is 3. The molecule has 0 radical (unpaired) electrons. The molecule has 2 heterocycles. The van der Waals surface area contributed by atoms with Crippen molar-refractivity contribution in [2.24, 2.45) is 0 Å². The second-order valence-electron chi connectivity index (χ2n) is 6.79. The van der Waals surface area contributed by atoms with Gasteiger partial charge in [0.2, 0.25) is 5.91 Å². The summed E-state index contributed by atoms with van der Waals surface area (Å²) in [5.41, 5.74) is 3.03. The molecule has 0 spiro atoms. The maximum Gasteiger partial charge on any atom is 0.243 e. The Kier molecular flexibility index (Phi) is 4.37. The molecule has 2 aromatic carbocycles. The van der Waals surface area contributed by atoms with Crippen molar-refractivity contribution in [3.05, 3.63) is 59.9 Å². The molecule has 0 saturated carbocycles. The molecule has 134 valence electrons. The number of benzene rings is 2. The molecule has 1 aliphatic heterocycles. The van der Waals surface area contributed by atoms with E-state index in [9.17, 15) is 9.90 Å². The monoisotopic (exact) mass is 349 g/mol. The molecule has 1 atom stereocenters. The van der Waals surface area contributed by atoms with Crippen molar-refractivity contribution in [2.75, 3.05) is 6.54 Å². The average Bonchev–Trinajstić information content (AvgIpc) is 3.27. The summed E-state index contributed by atoms with van der Waals surface area (Å²) in [6.07, 6.45) is 2.76. The quantitative estimate of drug-likeness (QED) is 0.782. The maximum atomic E-state index is 13.1. The molecule has 1 amide bonds. The fourth-order valence-electron chi connectivity index (χ4n) is 3.91. The second kappa shape index (κ2) is 6.83. The van der Waals surface area contributed by atoms with Crippen molar-refractivity contribution in [3.8, 4) is 5.75 Å². The van der Waals surface area contributed by atoms with Crippen molar-refractivity contribution >= 4 is 16.9 Å². The molecule has 4 rings (SSSR count). The number of amides is 1. The van der Waals surface area contributed by atoms with Crippen molar-refractivity contribution in [1.82, 2.24) is 14.5 Å². The number of fused-ring (bicyclic) bond motifs is 1. The number of carbonyl (C=O) groups is 1. The number of aromatic hydroxyl groups is 1. The van der Waals surface area contributed by atoms with Crippen LogP contribution >= 0.6 is 0 Å². The zero-order chi connectivity index (χ0) is 18.1. The summed E-state index contributed by atoms with van der Waals surface area (Å²) in [5, 5.41) is 9.51. The molecule has 0 unspecified atom stereocenters. The van der Waals surface area contributed by atoms with Crippen LogP contribution in [0.5, 0.6) is 5.75 Å². The summed E-state index contributed by atoms with van der Waals surface area (Å²) in [5.74, 6) is 1.32. The Morgan fingerprint density at radius 3 is 2.73 bits per heavy atom. The molecule has 1 saturated heterocycles. The van der Waals surface area contributed by atoms with E-state index in [1.165, 1.54) is 0 Å². The first-order chi connectivity index (χ1) is 12.7. The van der Waals surface area contributed by atoms with Crippen molar-refractivity contribution in [2.45, 2.75) is 38.8 Å². The van der Waals surface area contributed by atoms with Crippen LogP contribution in [0.25, 0.3) is 11.0 Å². The minimum Gasteiger partial charge on any atom is -0.508 e. The minimum atomic E-state index is 0.0861. The molecule has 5 nitrogen and oxygen atoms in total. The van der Waals surface area contributed by atoms with Gasteiger partial charge in [0.05, 0.1) is 17.1 Å². The third-order valence-corrected chi connectivity index (χ3v) is 5.19. The summed E-state index contributed by atoms with van der Waals surface area (Å²) < 4.78 is 2.05. The average molecular weight is 349 g/mol. The number of imidazole rings is 1. The van der Waals surface area contributed by atoms with Gasteiger partial charge in [0.15, 0.2) is 0 Å². The minimum absolute atomic E-state index is 0.0861. The van der Waals surface area contributed by atoms with Crippen molar-refractivity contribution < 1.29 is 9.90 Å². The predicted molar refractivity (Wildman–Crippen MR) is 101 cm³/mol. The van der Waals surface area contributed by atoms with Gasteiger partial charge < -0.3 is 14.6 Å². The molecule has 3 aromatic rings. The second-order valence-corrected chi connectivity index (χ2v) is 6.79. The molecule has 1 aromatic heterocycles. The van der Waals surface area contributed by atoms with E-state index in [2.05, 4.69) is 11.9 Å². The number of hydrogen-bond acceptors (Lipinski definition) is 3. The van der Waals surface area contributed by atoms with Gasteiger partial charge in [0.1, 0.15) is 18.1 Å². The Morgan fingerprint density at radius 2 is 1.96 bits per heavy atom. The van der Waals surface area contributed by atoms with E-state index in [4.69, 9.17) is 0 Å². The lowest BCUT2D eigenvalue weighted by molar-refractivity contribution is -0.132. The molecule has 5 heteroatoms. The highest BCUT2D eigenvalue weighted by Gasteiger charge is 2.30. The lowest BCUT2D eigenvalue weighted by Crippen LogP contribution is -2.33. The highest BCUT2D eigenvalue weighted by molar-refractivity contribution is 5.81. The topological polar surface area (TPSA) is 58.4 Å². The highest BCUT2D eigenvalue weighted by atomic mass is 16.3. The Hall–Kier alpha value is -2.82. The zero-order valence-corrected chi connectivity index (χ0v) is 14.9. The number of para-hydroxylation sites is 2. The first kappa shape index (κ1) is 16.6. The third-order valence-electron chi connectivity index (χ3n) is 5.19. The van der Waals surface area contributed by atoms with E-state index in [-0.39, 0.29) is 17.7 Å². The number of aromatic nitrogens is 2. The fraction of sp³-hybridized carbons (Fsp3) is 0.333. The van der Waals surface area contributed by atoms with Crippen LogP contribution in [0.1, 0.15) is 37.2 Å². The SMILES string of the molecule is CCc1nc2ccccc2n1CC(=O)N1CCC[C@H]1c1ccc(O)cc1. The van der Waals surface area contributed by atoms with Gasteiger partial charge >= 0.3 is 0 Å². The molecule has 1 fully saturated rings. The number of carbonyl (C=O) groups excluding carboxylic acids is 1. The van der Waals surface area contributed by atoms with Crippen LogP contribution in [0.2, 0.25) is 0 Å². The predicted octanol–water partition coefficient (Wildman–Crippen LogP) is 3.67.